The van der Waals surface area contributed by atoms with Gasteiger partial charge in [-0.1, -0.05) is 24.3 Å². The molecule has 0 aliphatic carbocycles. The van der Waals surface area contributed by atoms with Crippen molar-refractivity contribution in [3.05, 3.63) is 72.1 Å². The van der Waals surface area contributed by atoms with E-state index in [9.17, 15) is 5.11 Å². The maximum absolute atomic E-state index is 9.22. The largest absolute Gasteiger partial charge is 0.445 e. The molecule has 0 aliphatic heterocycles. The lowest BCUT2D eigenvalue weighted by atomic mass is 10.0. The molecule has 2 aromatic carbocycles. The number of hydrogen-bond acceptors (Lipinski definition) is 4. The zero-order valence-electron chi connectivity index (χ0n) is 12.4. The number of benzene rings is 2. The van der Waals surface area contributed by atoms with E-state index in [1.807, 2.05) is 42.5 Å². The number of rotatable bonds is 5. The second kappa shape index (κ2) is 6.45. The fourth-order valence-electron chi connectivity index (χ4n) is 2.37. The molecule has 0 fully saturated rings. The van der Waals surface area contributed by atoms with E-state index in [2.05, 4.69) is 23.3 Å². The van der Waals surface area contributed by atoms with E-state index >= 15 is 0 Å². The van der Waals surface area contributed by atoms with E-state index in [4.69, 9.17) is 4.42 Å². The molecular weight excluding hydrogens is 276 g/mol. The molecule has 112 valence electrons. The number of anilines is 1. The Morgan fingerprint density at radius 2 is 2.00 bits per heavy atom. The summed E-state index contributed by atoms with van der Waals surface area (Å²) in [5, 5.41) is 12.7. The average molecular weight is 294 g/mol. The van der Waals surface area contributed by atoms with Crippen LogP contribution >= 0.6 is 0 Å². The fourth-order valence-corrected chi connectivity index (χ4v) is 2.37. The van der Waals surface area contributed by atoms with Crippen molar-refractivity contribution in [3.63, 3.8) is 0 Å². The Hall–Kier alpha value is -2.59. The van der Waals surface area contributed by atoms with E-state index < -0.39 is 0 Å². The van der Waals surface area contributed by atoms with Crippen molar-refractivity contribution in [2.75, 3.05) is 5.32 Å². The molecule has 4 nitrogen and oxygen atoms in total. The van der Waals surface area contributed by atoms with Gasteiger partial charge in [0.2, 0.25) is 5.89 Å². The summed E-state index contributed by atoms with van der Waals surface area (Å²) in [4.78, 5) is 4.13. The summed E-state index contributed by atoms with van der Waals surface area (Å²) in [5.74, 6) is 0.621. The number of aliphatic hydroxyl groups excluding tert-OH is 1. The molecule has 0 saturated heterocycles. The van der Waals surface area contributed by atoms with Crippen LogP contribution in [0.2, 0.25) is 0 Å². The summed E-state index contributed by atoms with van der Waals surface area (Å²) in [6.07, 6.45) is 3.20. The first-order chi connectivity index (χ1) is 10.8. The highest BCUT2D eigenvalue weighted by molar-refractivity contribution is 5.58. The van der Waals surface area contributed by atoms with E-state index in [1.54, 1.807) is 12.5 Å². The third-order valence-electron chi connectivity index (χ3n) is 3.58. The van der Waals surface area contributed by atoms with E-state index in [-0.39, 0.29) is 12.6 Å². The van der Waals surface area contributed by atoms with Crippen LogP contribution in [0, 0.1) is 0 Å². The number of hydrogen-bond donors (Lipinski definition) is 2. The van der Waals surface area contributed by atoms with E-state index in [0.717, 1.165) is 22.4 Å². The van der Waals surface area contributed by atoms with Gasteiger partial charge in [0.05, 0.1) is 12.8 Å². The van der Waals surface area contributed by atoms with Gasteiger partial charge in [0.15, 0.2) is 0 Å². The molecule has 0 radical (unpaired) electrons. The fraction of sp³-hybridized carbons (Fsp3) is 0.167. The molecule has 0 amide bonds. The summed E-state index contributed by atoms with van der Waals surface area (Å²) in [6, 6.07) is 16.1. The van der Waals surface area contributed by atoms with Crippen molar-refractivity contribution < 1.29 is 9.52 Å². The van der Waals surface area contributed by atoms with E-state index in [0.29, 0.717) is 5.89 Å². The lowest BCUT2D eigenvalue weighted by molar-refractivity contribution is 0.281. The van der Waals surface area contributed by atoms with Crippen molar-refractivity contribution in [2.24, 2.45) is 0 Å². The lowest BCUT2D eigenvalue weighted by Gasteiger charge is -2.16. The minimum Gasteiger partial charge on any atom is -0.445 e. The molecule has 1 heterocycles. The normalized spacial score (nSPS) is 12.1. The van der Waals surface area contributed by atoms with Crippen LogP contribution in [-0.2, 0) is 6.61 Å². The highest BCUT2D eigenvalue weighted by atomic mass is 16.3. The molecule has 1 unspecified atom stereocenters. The Bertz CT molecular complexity index is 721. The first-order valence-corrected chi connectivity index (χ1v) is 7.22. The van der Waals surface area contributed by atoms with Crippen molar-refractivity contribution in [3.8, 4) is 11.5 Å². The van der Waals surface area contributed by atoms with Crippen LogP contribution < -0.4 is 5.32 Å². The molecule has 2 N–H and O–H groups in total. The van der Waals surface area contributed by atoms with Gasteiger partial charge in [-0.15, -0.1) is 0 Å². The lowest BCUT2D eigenvalue weighted by Crippen LogP contribution is -2.06. The predicted octanol–water partition coefficient (Wildman–Crippen LogP) is 4.01. The van der Waals surface area contributed by atoms with Crippen LogP contribution in [0.5, 0.6) is 0 Å². The zero-order chi connectivity index (χ0) is 15.4. The molecule has 0 saturated carbocycles. The number of aliphatic hydroxyl groups is 1. The summed E-state index contributed by atoms with van der Waals surface area (Å²) in [5.41, 5.74) is 4.04. The van der Waals surface area contributed by atoms with Crippen LogP contribution in [0.1, 0.15) is 24.1 Å². The Kier molecular flexibility index (Phi) is 4.21. The molecule has 4 heteroatoms. The van der Waals surface area contributed by atoms with Gasteiger partial charge in [0.1, 0.15) is 6.26 Å². The summed E-state index contributed by atoms with van der Waals surface area (Å²) in [6.45, 7) is 2.16. The monoisotopic (exact) mass is 294 g/mol. The van der Waals surface area contributed by atoms with Crippen LogP contribution in [-0.4, -0.2) is 10.1 Å². The first kappa shape index (κ1) is 14.4. The van der Waals surface area contributed by atoms with Gasteiger partial charge < -0.3 is 14.8 Å². The molecule has 0 bridgehead atoms. The van der Waals surface area contributed by atoms with Crippen molar-refractivity contribution in [1.29, 1.82) is 0 Å². The molecule has 0 aliphatic rings. The Balaban J connectivity index is 1.72. The van der Waals surface area contributed by atoms with Gasteiger partial charge >= 0.3 is 0 Å². The number of nitrogens with one attached hydrogen (secondary N) is 1. The van der Waals surface area contributed by atoms with Gasteiger partial charge in [-0.2, -0.15) is 0 Å². The zero-order valence-corrected chi connectivity index (χ0v) is 12.4. The standard InChI is InChI=1S/C18H18N2O2/c1-13(16-4-2-3-14(11-16)12-21)20-17-7-5-15(6-8-17)18-19-9-10-22-18/h2-11,13,20-21H,12H2,1H3. The minimum atomic E-state index is 0.0609. The molecule has 3 rings (SSSR count). The molecule has 0 spiro atoms. The highest BCUT2D eigenvalue weighted by Crippen LogP contribution is 2.23. The Labute approximate surface area is 129 Å². The average Bonchev–Trinajstić information content (AvgIpc) is 3.10. The topological polar surface area (TPSA) is 58.3 Å². The molecule has 1 atom stereocenters. The van der Waals surface area contributed by atoms with Crippen LogP contribution in [0.4, 0.5) is 5.69 Å². The van der Waals surface area contributed by atoms with Crippen molar-refractivity contribution >= 4 is 5.69 Å². The van der Waals surface area contributed by atoms with Gasteiger partial charge in [-0.25, -0.2) is 4.98 Å². The molecular formula is C18H18N2O2. The summed E-state index contributed by atoms with van der Waals surface area (Å²) < 4.78 is 5.28. The summed E-state index contributed by atoms with van der Waals surface area (Å²) in [7, 11) is 0. The SMILES string of the molecule is CC(Nc1ccc(-c2ncco2)cc1)c1cccc(CO)c1. The molecule has 1 aromatic heterocycles. The van der Waals surface area contributed by atoms with Gasteiger partial charge in [-0.3, -0.25) is 0 Å². The second-order valence-electron chi connectivity index (χ2n) is 5.18. The number of aromatic nitrogens is 1. The minimum absolute atomic E-state index is 0.0609. The predicted molar refractivity (Wildman–Crippen MR) is 86.3 cm³/mol. The smallest absolute Gasteiger partial charge is 0.225 e. The number of oxazole rings is 1. The Morgan fingerprint density at radius 1 is 1.18 bits per heavy atom. The summed E-state index contributed by atoms with van der Waals surface area (Å²) >= 11 is 0. The maximum Gasteiger partial charge on any atom is 0.225 e. The quantitative estimate of drug-likeness (QED) is 0.746. The van der Waals surface area contributed by atoms with Crippen LogP contribution in [0.25, 0.3) is 11.5 Å². The first-order valence-electron chi connectivity index (χ1n) is 7.22. The highest BCUT2D eigenvalue weighted by Gasteiger charge is 2.07. The molecule has 3 aromatic rings. The number of nitrogens with zero attached hydrogens (tertiary/aromatic N) is 1. The third kappa shape index (κ3) is 3.18. The van der Waals surface area contributed by atoms with Crippen molar-refractivity contribution in [1.82, 2.24) is 4.98 Å². The van der Waals surface area contributed by atoms with E-state index in [1.165, 1.54) is 0 Å². The van der Waals surface area contributed by atoms with Crippen LogP contribution in [0.3, 0.4) is 0 Å². The Morgan fingerprint density at radius 3 is 2.68 bits per heavy atom. The van der Waals surface area contributed by atoms with Gasteiger partial charge in [0, 0.05) is 17.3 Å². The van der Waals surface area contributed by atoms with Crippen LogP contribution in [0.15, 0.2) is 65.4 Å². The van der Waals surface area contributed by atoms with Crippen molar-refractivity contribution in [2.45, 2.75) is 19.6 Å². The van der Waals surface area contributed by atoms with Gasteiger partial charge in [0.25, 0.3) is 0 Å². The maximum atomic E-state index is 9.22. The third-order valence-corrected chi connectivity index (χ3v) is 3.58. The second-order valence-corrected chi connectivity index (χ2v) is 5.18. The van der Waals surface area contributed by atoms with Gasteiger partial charge in [-0.05, 0) is 42.3 Å². The molecule has 22 heavy (non-hydrogen) atoms.